The molecule has 5 nitrogen and oxygen atoms in total. The summed E-state index contributed by atoms with van der Waals surface area (Å²) in [4.78, 5) is 14.4. The molecule has 1 rings (SSSR count). The van der Waals surface area contributed by atoms with Crippen molar-refractivity contribution in [3.05, 3.63) is 33.9 Å². The largest absolute Gasteiger partial charge is 0.412 e. The van der Waals surface area contributed by atoms with Crippen LogP contribution in [0, 0.1) is 10.1 Å². The Bertz CT molecular complexity index is 590. The zero-order valence-corrected chi connectivity index (χ0v) is 14.8. The van der Waals surface area contributed by atoms with E-state index >= 15 is 0 Å². The van der Waals surface area contributed by atoms with Gasteiger partial charge in [0.25, 0.3) is 5.69 Å². The molecule has 0 aromatic heterocycles. The first kappa shape index (κ1) is 17.6. The van der Waals surface area contributed by atoms with Gasteiger partial charge in [-0.25, -0.2) is 0 Å². The van der Waals surface area contributed by atoms with Crippen molar-refractivity contribution in [2.45, 2.75) is 45.5 Å². The second-order valence-electron chi connectivity index (χ2n) is 6.32. The van der Waals surface area contributed by atoms with Crippen LogP contribution in [0.15, 0.2) is 23.2 Å². The molecule has 0 spiro atoms. The van der Waals surface area contributed by atoms with E-state index in [0.717, 1.165) is 0 Å². The number of rotatable bonds is 5. The number of nitrogens with zero attached hydrogens (tertiary/aromatic N) is 2. The Labute approximate surface area is 131 Å². The average Bonchev–Trinajstić information content (AvgIpc) is 2.36. The predicted molar refractivity (Wildman–Crippen MR) is 89.8 cm³/mol. The maximum atomic E-state index is 10.9. The molecule has 21 heavy (non-hydrogen) atoms. The summed E-state index contributed by atoms with van der Waals surface area (Å²) in [6, 6.07) is 4.46. The van der Waals surface area contributed by atoms with Crippen LogP contribution in [0.3, 0.4) is 0 Å². The minimum atomic E-state index is -1.94. The molecule has 0 saturated carbocycles. The molecule has 0 atom stereocenters. The molecular formula is C14H20N2O3SSi. The monoisotopic (exact) mass is 324 g/mol. The molecule has 7 heteroatoms. The Hall–Kier alpha value is -1.40. The highest BCUT2D eigenvalue weighted by Gasteiger charge is 2.37. The molecule has 0 aliphatic heterocycles. The first-order valence-corrected chi connectivity index (χ1v) is 9.89. The number of nitro groups is 1. The molecule has 0 N–H and O–H groups in total. The fourth-order valence-electron chi connectivity index (χ4n) is 1.43. The van der Waals surface area contributed by atoms with Crippen LogP contribution < -0.4 is 0 Å². The van der Waals surface area contributed by atoms with Gasteiger partial charge < -0.3 is 4.43 Å². The Morgan fingerprint density at radius 2 is 2.05 bits per heavy atom. The molecule has 0 heterocycles. The minimum Gasteiger partial charge on any atom is -0.412 e. The van der Waals surface area contributed by atoms with Crippen LogP contribution in [-0.4, -0.2) is 18.4 Å². The summed E-state index contributed by atoms with van der Waals surface area (Å²) in [5.74, 6) is 0. The zero-order chi connectivity index (χ0) is 16.3. The zero-order valence-electron chi connectivity index (χ0n) is 13.0. The first-order chi connectivity index (χ1) is 9.58. The van der Waals surface area contributed by atoms with E-state index in [4.69, 9.17) is 4.43 Å². The van der Waals surface area contributed by atoms with Crippen molar-refractivity contribution in [3.8, 4) is 0 Å². The van der Waals surface area contributed by atoms with Gasteiger partial charge in [0, 0.05) is 17.7 Å². The summed E-state index contributed by atoms with van der Waals surface area (Å²) in [6.45, 7) is 11.0. The van der Waals surface area contributed by atoms with Gasteiger partial charge in [-0.1, -0.05) is 20.8 Å². The molecule has 0 amide bonds. The lowest BCUT2D eigenvalue weighted by Crippen LogP contribution is -2.40. The van der Waals surface area contributed by atoms with Gasteiger partial charge in [0.2, 0.25) is 0 Å². The molecule has 0 radical (unpaired) electrons. The molecule has 0 bridgehead atoms. The van der Waals surface area contributed by atoms with Crippen LogP contribution in [0.4, 0.5) is 11.4 Å². The van der Waals surface area contributed by atoms with E-state index in [2.05, 4.69) is 56.2 Å². The maximum Gasteiger partial charge on any atom is 0.269 e. The number of aliphatic imine (C=N–C) groups is 1. The third-order valence-corrected chi connectivity index (χ3v) is 8.40. The van der Waals surface area contributed by atoms with Crippen molar-refractivity contribution in [3.63, 3.8) is 0 Å². The first-order valence-electron chi connectivity index (χ1n) is 6.57. The molecule has 0 aliphatic carbocycles. The topological polar surface area (TPSA) is 64.7 Å². The van der Waals surface area contributed by atoms with Gasteiger partial charge in [-0.2, -0.15) is 4.99 Å². The van der Waals surface area contributed by atoms with Crippen LogP contribution in [0.5, 0.6) is 0 Å². The van der Waals surface area contributed by atoms with E-state index in [1.54, 1.807) is 6.07 Å². The normalized spacial score (nSPS) is 11.9. The van der Waals surface area contributed by atoms with Gasteiger partial charge in [0.1, 0.15) is 0 Å². The van der Waals surface area contributed by atoms with E-state index in [1.807, 2.05) is 0 Å². The number of benzene rings is 1. The highest BCUT2D eigenvalue weighted by Crippen LogP contribution is 2.37. The van der Waals surface area contributed by atoms with Gasteiger partial charge in [0.05, 0.1) is 22.4 Å². The van der Waals surface area contributed by atoms with Crippen molar-refractivity contribution >= 4 is 37.1 Å². The van der Waals surface area contributed by atoms with Crippen LogP contribution in [0.2, 0.25) is 18.1 Å². The molecule has 1 aromatic carbocycles. The van der Waals surface area contributed by atoms with Crippen LogP contribution in [0.1, 0.15) is 26.3 Å². The number of thiocarbonyl (C=S) groups is 1. The van der Waals surface area contributed by atoms with Crippen molar-refractivity contribution < 1.29 is 9.35 Å². The lowest BCUT2D eigenvalue weighted by Gasteiger charge is -2.36. The van der Waals surface area contributed by atoms with Gasteiger partial charge >= 0.3 is 0 Å². The molecule has 0 fully saturated rings. The highest BCUT2D eigenvalue weighted by atomic mass is 32.1. The average molecular weight is 324 g/mol. The van der Waals surface area contributed by atoms with E-state index in [0.29, 0.717) is 11.3 Å². The summed E-state index contributed by atoms with van der Waals surface area (Å²) in [6.07, 6.45) is 0. The standard InChI is InChI=1S/C14H20N2O3SSi/c1-14(2,3)21(4,5)19-9-11-8-12(16(17)18)6-7-13(11)15-10-20/h6-8H,9H2,1-5H3. The number of non-ortho nitro benzene ring substituents is 1. The molecule has 0 aliphatic rings. The van der Waals surface area contributed by atoms with E-state index in [-0.39, 0.29) is 17.3 Å². The van der Waals surface area contributed by atoms with Gasteiger partial charge in [0.15, 0.2) is 8.32 Å². The summed E-state index contributed by atoms with van der Waals surface area (Å²) < 4.78 is 6.10. The Kier molecular flexibility index (Phi) is 5.52. The summed E-state index contributed by atoms with van der Waals surface area (Å²) >= 11 is 4.61. The third-order valence-electron chi connectivity index (χ3n) is 3.83. The second-order valence-corrected chi connectivity index (χ2v) is 11.3. The Morgan fingerprint density at radius 1 is 1.43 bits per heavy atom. The van der Waals surface area contributed by atoms with Crippen molar-refractivity contribution in [1.29, 1.82) is 0 Å². The molecule has 1 aromatic rings. The van der Waals surface area contributed by atoms with Crippen molar-refractivity contribution in [2.75, 3.05) is 0 Å². The summed E-state index contributed by atoms with van der Waals surface area (Å²) in [5.41, 5.74) is 1.24. The smallest absolute Gasteiger partial charge is 0.269 e. The van der Waals surface area contributed by atoms with E-state index < -0.39 is 13.2 Å². The SMILES string of the molecule is CC(C)(C)[Si](C)(C)OCc1cc([N+](=O)[O-])ccc1N=C=S. The van der Waals surface area contributed by atoms with E-state index in [1.165, 1.54) is 12.1 Å². The van der Waals surface area contributed by atoms with Crippen molar-refractivity contribution in [1.82, 2.24) is 0 Å². The van der Waals surface area contributed by atoms with E-state index in [9.17, 15) is 10.1 Å². The number of nitro benzene ring substituents is 1. The second kappa shape index (κ2) is 6.57. The Morgan fingerprint density at radius 3 is 2.52 bits per heavy atom. The fraction of sp³-hybridized carbons (Fsp3) is 0.500. The third kappa shape index (κ3) is 4.54. The van der Waals surface area contributed by atoms with Gasteiger partial charge in [-0.3, -0.25) is 10.1 Å². The van der Waals surface area contributed by atoms with Gasteiger partial charge in [-0.05, 0) is 36.4 Å². The molecular weight excluding hydrogens is 304 g/mol. The number of isothiocyanates is 1. The lowest BCUT2D eigenvalue weighted by atomic mass is 10.1. The molecule has 0 saturated heterocycles. The molecule has 114 valence electrons. The maximum absolute atomic E-state index is 10.9. The quantitative estimate of drug-likeness (QED) is 0.255. The summed E-state index contributed by atoms with van der Waals surface area (Å²) in [7, 11) is -1.94. The van der Waals surface area contributed by atoms with Crippen LogP contribution in [-0.2, 0) is 11.0 Å². The van der Waals surface area contributed by atoms with Crippen LogP contribution >= 0.6 is 12.2 Å². The fourth-order valence-corrected chi connectivity index (χ4v) is 2.48. The minimum absolute atomic E-state index is 0.0205. The number of hydrogen-bond donors (Lipinski definition) is 0. The Balaban J connectivity index is 3.08. The van der Waals surface area contributed by atoms with Crippen molar-refractivity contribution in [2.24, 2.45) is 4.99 Å². The number of hydrogen-bond acceptors (Lipinski definition) is 5. The molecule has 0 unspecified atom stereocenters. The highest BCUT2D eigenvalue weighted by molar-refractivity contribution is 7.78. The lowest BCUT2D eigenvalue weighted by molar-refractivity contribution is -0.384. The predicted octanol–water partition coefficient (Wildman–Crippen LogP) is 4.85. The van der Waals surface area contributed by atoms with Crippen LogP contribution in [0.25, 0.3) is 0 Å². The van der Waals surface area contributed by atoms with Gasteiger partial charge in [-0.15, -0.1) is 0 Å². The summed E-state index contributed by atoms with van der Waals surface area (Å²) in [5, 5.41) is 13.3.